The minimum atomic E-state index is -0.768. The highest BCUT2D eigenvalue weighted by atomic mass is 16.5. The average Bonchev–Trinajstić information content (AvgIpc) is 3.20. The molecule has 0 saturated heterocycles. The smallest absolute Gasteiger partial charge is 0.127 e. The summed E-state index contributed by atoms with van der Waals surface area (Å²) < 4.78 is 11.6. The molecular formula is C27H25N5O2. The molecule has 2 N–H and O–H groups in total. The van der Waals surface area contributed by atoms with Gasteiger partial charge in [-0.15, -0.1) is 0 Å². The number of para-hydroxylation sites is 1. The molecule has 4 rings (SSSR count). The first-order valence-corrected chi connectivity index (χ1v) is 11.1. The third-order valence-electron chi connectivity index (χ3n) is 5.58. The monoisotopic (exact) mass is 451 g/mol. The van der Waals surface area contributed by atoms with Gasteiger partial charge in [-0.25, -0.2) is 5.01 Å². The number of rotatable bonds is 7. The summed E-state index contributed by atoms with van der Waals surface area (Å²) in [6.07, 6.45) is 1.02. The second-order valence-electron chi connectivity index (χ2n) is 7.66. The van der Waals surface area contributed by atoms with Crippen LogP contribution in [0.3, 0.4) is 0 Å². The minimum Gasteiger partial charge on any atom is -0.494 e. The molecular weight excluding hydrogens is 426 g/mol. The summed E-state index contributed by atoms with van der Waals surface area (Å²) in [6.45, 7) is 4.84. The van der Waals surface area contributed by atoms with Crippen molar-refractivity contribution in [3.8, 4) is 23.6 Å². The number of hydrogen-bond donors (Lipinski definition) is 1. The number of allylic oxidation sites excluding steroid dienone is 1. The fourth-order valence-electron chi connectivity index (χ4n) is 4.01. The van der Waals surface area contributed by atoms with Gasteiger partial charge < -0.3 is 15.2 Å². The Labute approximate surface area is 198 Å². The van der Waals surface area contributed by atoms with Crippen LogP contribution in [0.4, 0.5) is 5.69 Å². The summed E-state index contributed by atoms with van der Waals surface area (Å²) in [6, 6.07) is 23.5. The fourth-order valence-corrected chi connectivity index (χ4v) is 4.01. The number of hydrogen-bond acceptors (Lipinski definition) is 7. The maximum atomic E-state index is 10.1. The summed E-state index contributed by atoms with van der Waals surface area (Å²) in [4.78, 5) is 0. The van der Waals surface area contributed by atoms with Crippen LogP contribution in [0.2, 0.25) is 0 Å². The van der Waals surface area contributed by atoms with E-state index in [1.54, 1.807) is 11.1 Å². The molecule has 0 aromatic heterocycles. The topological polar surface area (TPSA) is 108 Å². The normalized spacial score (nSPS) is 17.7. The van der Waals surface area contributed by atoms with Crippen molar-refractivity contribution in [1.82, 2.24) is 0 Å². The van der Waals surface area contributed by atoms with E-state index < -0.39 is 12.1 Å². The maximum absolute atomic E-state index is 10.1. The highest BCUT2D eigenvalue weighted by molar-refractivity contribution is 6.13. The zero-order valence-corrected chi connectivity index (χ0v) is 19.1. The lowest BCUT2D eigenvalue weighted by Gasteiger charge is -2.21. The summed E-state index contributed by atoms with van der Waals surface area (Å²) >= 11 is 0. The standard InChI is InChI=1S/C27H25N5O2/c1-3-33-21-12-10-18-11-13-25(34-4-2)23(22(18)15-21)14-19(16-28)26-24(17-29)27(30)32(31-26)20-8-6-5-7-9-20/h5-15,24,27H,3-4,30H2,1-2H3/b19-14-/t24-,27+/m1/s1. The molecule has 0 amide bonds. The number of nitrogens with two attached hydrogens (primary N) is 1. The second kappa shape index (κ2) is 10.1. The molecule has 3 aromatic rings. The van der Waals surface area contributed by atoms with Gasteiger partial charge in [0, 0.05) is 5.56 Å². The van der Waals surface area contributed by atoms with Crippen molar-refractivity contribution < 1.29 is 9.47 Å². The van der Waals surface area contributed by atoms with E-state index in [0.717, 1.165) is 27.8 Å². The third-order valence-corrected chi connectivity index (χ3v) is 5.58. The van der Waals surface area contributed by atoms with Crippen molar-refractivity contribution in [3.63, 3.8) is 0 Å². The number of nitriles is 2. The van der Waals surface area contributed by atoms with Crippen LogP contribution >= 0.6 is 0 Å². The minimum absolute atomic E-state index is 0.260. The SMILES string of the molecule is CCOc1ccc2ccc(OCC)c(/C=C(/C#N)C3=NN(c4ccccc4)[C@H](N)[C@@H]3C#N)c2c1. The van der Waals surface area contributed by atoms with Gasteiger partial charge in [0.15, 0.2) is 0 Å². The van der Waals surface area contributed by atoms with Crippen molar-refractivity contribution in [2.45, 2.75) is 20.0 Å². The van der Waals surface area contributed by atoms with Crippen LogP contribution in [0.25, 0.3) is 16.8 Å². The Kier molecular flexibility index (Phi) is 6.77. The average molecular weight is 452 g/mol. The van der Waals surface area contributed by atoms with Crippen molar-refractivity contribution in [2.75, 3.05) is 18.2 Å². The van der Waals surface area contributed by atoms with Crippen molar-refractivity contribution in [1.29, 1.82) is 10.5 Å². The molecule has 7 heteroatoms. The maximum Gasteiger partial charge on any atom is 0.127 e. The van der Waals surface area contributed by atoms with E-state index in [1.807, 2.05) is 74.5 Å². The van der Waals surface area contributed by atoms with Gasteiger partial charge in [-0.1, -0.05) is 30.3 Å². The molecule has 1 aliphatic heterocycles. The van der Waals surface area contributed by atoms with Crippen LogP contribution in [0, 0.1) is 28.6 Å². The summed E-state index contributed by atoms with van der Waals surface area (Å²) in [7, 11) is 0. The zero-order valence-electron chi connectivity index (χ0n) is 19.1. The first-order valence-electron chi connectivity index (χ1n) is 11.1. The van der Waals surface area contributed by atoms with Gasteiger partial charge in [-0.2, -0.15) is 15.6 Å². The Bertz CT molecular complexity index is 1330. The van der Waals surface area contributed by atoms with Gasteiger partial charge in [-0.3, -0.25) is 0 Å². The van der Waals surface area contributed by atoms with E-state index in [0.29, 0.717) is 24.7 Å². The molecule has 0 aliphatic carbocycles. The van der Waals surface area contributed by atoms with Crippen LogP contribution in [0.5, 0.6) is 11.5 Å². The molecule has 0 unspecified atom stereocenters. The number of hydrazone groups is 1. The van der Waals surface area contributed by atoms with Gasteiger partial charge in [0.2, 0.25) is 0 Å². The first kappa shape index (κ1) is 22.8. The van der Waals surface area contributed by atoms with Crippen LogP contribution in [0.15, 0.2) is 71.3 Å². The van der Waals surface area contributed by atoms with Gasteiger partial charge in [0.05, 0.1) is 36.3 Å². The van der Waals surface area contributed by atoms with Crippen molar-refractivity contribution in [3.05, 3.63) is 71.8 Å². The number of anilines is 1. The van der Waals surface area contributed by atoms with E-state index in [9.17, 15) is 10.5 Å². The van der Waals surface area contributed by atoms with E-state index in [1.165, 1.54) is 0 Å². The van der Waals surface area contributed by atoms with Gasteiger partial charge in [0.1, 0.15) is 29.7 Å². The predicted molar refractivity (Wildman–Crippen MR) is 133 cm³/mol. The van der Waals surface area contributed by atoms with E-state index in [2.05, 4.69) is 17.2 Å². The third kappa shape index (κ3) is 4.30. The molecule has 7 nitrogen and oxygen atoms in total. The first-order chi connectivity index (χ1) is 16.6. The second-order valence-corrected chi connectivity index (χ2v) is 7.66. The highest BCUT2D eigenvalue weighted by Crippen LogP contribution is 2.35. The molecule has 1 aliphatic rings. The lowest BCUT2D eigenvalue weighted by Crippen LogP contribution is -2.40. The van der Waals surface area contributed by atoms with Crippen LogP contribution in [0.1, 0.15) is 19.4 Å². The molecule has 1 heterocycles. The van der Waals surface area contributed by atoms with Gasteiger partial charge in [0.25, 0.3) is 0 Å². The van der Waals surface area contributed by atoms with Crippen molar-refractivity contribution >= 4 is 28.2 Å². The van der Waals surface area contributed by atoms with Crippen LogP contribution in [-0.2, 0) is 0 Å². The summed E-state index contributed by atoms with van der Waals surface area (Å²) in [5.74, 6) is 0.588. The number of ether oxygens (including phenoxy) is 2. The Morgan fingerprint density at radius 1 is 1.06 bits per heavy atom. The molecule has 170 valence electrons. The van der Waals surface area contributed by atoms with E-state index in [4.69, 9.17) is 15.2 Å². The molecule has 3 aromatic carbocycles. The largest absolute Gasteiger partial charge is 0.494 e. The van der Waals surface area contributed by atoms with Gasteiger partial charge >= 0.3 is 0 Å². The molecule has 0 radical (unpaired) electrons. The number of nitrogens with zero attached hydrogens (tertiary/aromatic N) is 4. The Balaban J connectivity index is 1.88. The Hall–Kier alpha value is -4.33. The van der Waals surface area contributed by atoms with E-state index >= 15 is 0 Å². The molecule has 0 saturated carbocycles. The molecule has 2 atom stereocenters. The lowest BCUT2D eigenvalue weighted by molar-refractivity contribution is 0.339. The summed E-state index contributed by atoms with van der Waals surface area (Å²) in [5, 5.41) is 28.0. The Morgan fingerprint density at radius 3 is 2.47 bits per heavy atom. The molecule has 0 spiro atoms. The quantitative estimate of drug-likeness (QED) is 0.515. The zero-order chi connectivity index (χ0) is 24.1. The lowest BCUT2D eigenvalue weighted by atomic mass is 9.94. The molecule has 0 fully saturated rings. The predicted octanol–water partition coefficient (Wildman–Crippen LogP) is 4.84. The van der Waals surface area contributed by atoms with Crippen LogP contribution < -0.4 is 20.2 Å². The van der Waals surface area contributed by atoms with Crippen LogP contribution in [-0.4, -0.2) is 25.1 Å². The van der Waals surface area contributed by atoms with Gasteiger partial charge in [-0.05, 0) is 61.0 Å². The highest BCUT2D eigenvalue weighted by Gasteiger charge is 2.37. The number of fused-ring (bicyclic) bond motifs is 1. The molecule has 34 heavy (non-hydrogen) atoms. The van der Waals surface area contributed by atoms with E-state index in [-0.39, 0.29) is 5.57 Å². The Morgan fingerprint density at radius 2 is 1.79 bits per heavy atom. The fraction of sp³-hybridized carbons (Fsp3) is 0.222. The number of benzene rings is 3. The summed E-state index contributed by atoms with van der Waals surface area (Å²) in [5.41, 5.74) is 8.45. The van der Waals surface area contributed by atoms with Crippen molar-refractivity contribution in [2.24, 2.45) is 16.8 Å². The molecule has 0 bridgehead atoms.